The topological polar surface area (TPSA) is 40.5 Å². The molecule has 2 rings (SSSR count). The number of nitrogens with zero attached hydrogens (tertiary/aromatic N) is 1. The zero-order valence-corrected chi connectivity index (χ0v) is 9.60. The normalized spacial score (nSPS) is 20.3. The molecule has 17 heavy (non-hydrogen) atoms. The minimum Gasteiger partial charge on any atom is -0.465 e. The maximum Gasteiger partial charge on any atom is 0.407 e. The molecule has 3 nitrogen and oxygen atoms in total. The van der Waals surface area contributed by atoms with Gasteiger partial charge in [-0.1, -0.05) is 12.1 Å². The molecule has 1 N–H and O–H groups in total. The minimum atomic E-state index is -0.839. The molecule has 1 aliphatic heterocycles. The van der Waals surface area contributed by atoms with Gasteiger partial charge in [-0.2, -0.15) is 0 Å². The Hall–Kier alpha value is -1.58. The van der Waals surface area contributed by atoms with E-state index in [1.807, 2.05) is 0 Å². The van der Waals surface area contributed by atoms with E-state index in [1.54, 1.807) is 12.1 Å². The second kappa shape index (κ2) is 5.17. The first kappa shape index (κ1) is 11.9. The molecule has 1 saturated heterocycles. The number of likely N-dealkylation sites (tertiary alicyclic amines) is 1. The van der Waals surface area contributed by atoms with Crippen molar-refractivity contribution in [3.05, 3.63) is 35.6 Å². The van der Waals surface area contributed by atoms with Crippen molar-refractivity contribution in [1.29, 1.82) is 0 Å². The van der Waals surface area contributed by atoms with Crippen molar-refractivity contribution >= 4 is 6.09 Å². The van der Waals surface area contributed by atoms with Crippen molar-refractivity contribution in [2.24, 2.45) is 5.92 Å². The Morgan fingerprint density at radius 3 is 2.76 bits per heavy atom. The monoisotopic (exact) mass is 237 g/mol. The Balaban J connectivity index is 1.94. The summed E-state index contributed by atoms with van der Waals surface area (Å²) in [6, 6.07) is 6.45. The first-order valence-corrected chi connectivity index (χ1v) is 5.87. The van der Waals surface area contributed by atoms with Crippen LogP contribution in [0.1, 0.15) is 18.4 Å². The molecule has 1 fully saturated rings. The van der Waals surface area contributed by atoms with Crippen LogP contribution in [0.5, 0.6) is 0 Å². The standard InChI is InChI=1S/C13H16FNO2/c14-12-5-3-10(4-6-12)8-11-2-1-7-15(9-11)13(16)17/h3-6,11H,1-2,7-9H2,(H,16,17)/t11-/m0/s1. The lowest BCUT2D eigenvalue weighted by Crippen LogP contribution is -2.39. The fraction of sp³-hybridized carbons (Fsp3) is 0.462. The van der Waals surface area contributed by atoms with Crippen LogP contribution in [-0.4, -0.2) is 29.2 Å². The van der Waals surface area contributed by atoms with Gasteiger partial charge in [-0.15, -0.1) is 0 Å². The maximum absolute atomic E-state index is 12.7. The van der Waals surface area contributed by atoms with E-state index in [1.165, 1.54) is 17.0 Å². The number of piperidine rings is 1. The molecular formula is C13H16FNO2. The van der Waals surface area contributed by atoms with Crippen molar-refractivity contribution in [2.45, 2.75) is 19.3 Å². The summed E-state index contributed by atoms with van der Waals surface area (Å²) in [4.78, 5) is 12.3. The molecule has 1 amide bonds. The molecule has 0 unspecified atom stereocenters. The number of carbonyl (C=O) groups is 1. The smallest absolute Gasteiger partial charge is 0.407 e. The molecule has 0 radical (unpaired) electrons. The quantitative estimate of drug-likeness (QED) is 0.859. The average molecular weight is 237 g/mol. The van der Waals surface area contributed by atoms with Gasteiger partial charge >= 0.3 is 6.09 Å². The summed E-state index contributed by atoms with van der Waals surface area (Å²) >= 11 is 0. The van der Waals surface area contributed by atoms with Crippen molar-refractivity contribution < 1.29 is 14.3 Å². The van der Waals surface area contributed by atoms with Gasteiger partial charge in [-0.25, -0.2) is 9.18 Å². The molecule has 0 bridgehead atoms. The minimum absolute atomic E-state index is 0.232. The number of amides is 1. The number of carboxylic acid groups (broad SMARTS) is 1. The molecule has 1 aliphatic rings. The van der Waals surface area contributed by atoms with E-state index in [0.29, 0.717) is 19.0 Å². The van der Waals surface area contributed by atoms with Crippen LogP contribution in [0.3, 0.4) is 0 Å². The lowest BCUT2D eigenvalue weighted by molar-refractivity contribution is 0.120. The third kappa shape index (κ3) is 3.19. The highest BCUT2D eigenvalue weighted by molar-refractivity contribution is 5.65. The number of hydrogen-bond donors (Lipinski definition) is 1. The molecule has 1 heterocycles. The van der Waals surface area contributed by atoms with Crippen molar-refractivity contribution in [3.63, 3.8) is 0 Å². The number of benzene rings is 1. The summed E-state index contributed by atoms with van der Waals surface area (Å²) in [5.41, 5.74) is 1.07. The molecule has 92 valence electrons. The summed E-state index contributed by atoms with van der Waals surface area (Å²) in [5, 5.41) is 8.93. The lowest BCUT2D eigenvalue weighted by Gasteiger charge is -2.30. The summed E-state index contributed by atoms with van der Waals surface area (Å²) in [7, 11) is 0. The first-order valence-electron chi connectivity index (χ1n) is 5.87. The molecule has 0 saturated carbocycles. The Labute approximate surface area is 99.9 Å². The molecular weight excluding hydrogens is 221 g/mol. The van der Waals surface area contributed by atoms with E-state index in [9.17, 15) is 9.18 Å². The highest BCUT2D eigenvalue weighted by Crippen LogP contribution is 2.21. The summed E-state index contributed by atoms with van der Waals surface area (Å²) in [6.45, 7) is 1.22. The number of halogens is 1. The molecule has 0 aliphatic carbocycles. The van der Waals surface area contributed by atoms with Gasteiger partial charge in [0.05, 0.1) is 0 Å². The van der Waals surface area contributed by atoms with Crippen LogP contribution in [0.4, 0.5) is 9.18 Å². The predicted octanol–water partition coefficient (Wildman–Crippen LogP) is 2.76. The summed E-state index contributed by atoms with van der Waals surface area (Å²) in [5.74, 6) is 0.120. The van der Waals surface area contributed by atoms with Gasteiger partial charge in [0.25, 0.3) is 0 Å². The molecule has 1 aromatic rings. The van der Waals surface area contributed by atoms with Gasteiger partial charge in [0, 0.05) is 13.1 Å². The van der Waals surface area contributed by atoms with Gasteiger partial charge in [-0.3, -0.25) is 0 Å². The van der Waals surface area contributed by atoms with Gasteiger partial charge in [0.1, 0.15) is 5.82 Å². The van der Waals surface area contributed by atoms with Crippen LogP contribution < -0.4 is 0 Å². The third-order valence-corrected chi connectivity index (χ3v) is 3.23. The lowest BCUT2D eigenvalue weighted by atomic mass is 9.91. The van der Waals surface area contributed by atoms with Crippen LogP contribution in [0.2, 0.25) is 0 Å². The SMILES string of the molecule is O=C(O)N1CCC[C@@H](Cc2ccc(F)cc2)C1. The van der Waals surface area contributed by atoms with Gasteiger partial charge in [0.2, 0.25) is 0 Å². The van der Waals surface area contributed by atoms with Crippen LogP contribution >= 0.6 is 0 Å². The summed E-state index contributed by atoms with van der Waals surface area (Å²) < 4.78 is 12.7. The second-order valence-electron chi connectivity index (χ2n) is 4.57. The molecule has 1 aromatic carbocycles. The first-order chi connectivity index (χ1) is 8.15. The van der Waals surface area contributed by atoms with E-state index >= 15 is 0 Å². The van der Waals surface area contributed by atoms with Crippen LogP contribution in [-0.2, 0) is 6.42 Å². The number of hydrogen-bond acceptors (Lipinski definition) is 1. The molecule has 1 atom stereocenters. The van der Waals surface area contributed by atoms with E-state index in [0.717, 1.165) is 24.8 Å². The zero-order valence-electron chi connectivity index (χ0n) is 9.60. The van der Waals surface area contributed by atoms with E-state index in [-0.39, 0.29) is 5.82 Å². The average Bonchev–Trinajstić information content (AvgIpc) is 2.32. The summed E-state index contributed by atoms with van der Waals surface area (Å²) in [6.07, 6.45) is 1.94. The number of rotatable bonds is 2. The van der Waals surface area contributed by atoms with Crippen molar-refractivity contribution in [2.75, 3.05) is 13.1 Å². The maximum atomic E-state index is 12.7. The van der Waals surface area contributed by atoms with Crippen LogP contribution in [0.15, 0.2) is 24.3 Å². The molecule has 4 heteroatoms. The second-order valence-corrected chi connectivity index (χ2v) is 4.57. The predicted molar refractivity (Wildman–Crippen MR) is 62.4 cm³/mol. The Morgan fingerprint density at radius 2 is 2.12 bits per heavy atom. The van der Waals surface area contributed by atoms with Crippen molar-refractivity contribution in [1.82, 2.24) is 4.90 Å². The van der Waals surface area contributed by atoms with Gasteiger partial charge < -0.3 is 10.0 Å². The highest BCUT2D eigenvalue weighted by atomic mass is 19.1. The fourth-order valence-corrected chi connectivity index (χ4v) is 2.36. The zero-order chi connectivity index (χ0) is 12.3. The van der Waals surface area contributed by atoms with Gasteiger partial charge in [-0.05, 0) is 42.9 Å². The fourth-order valence-electron chi connectivity index (χ4n) is 2.36. The van der Waals surface area contributed by atoms with Gasteiger partial charge in [0.15, 0.2) is 0 Å². The molecule has 0 spiro atoms. The Kier molecular flexibility index (Phi) is 3.61. The Bertz CT molecular complexity index is 391. The van der Waals surface area contributed by atoms with Crippen LogP contribution in [0, 0.1) is 11.7 Å². The van der Waals surface area contributed by atoms with Crippen molar-refractivity contribution in [3.8, 4) is 0 Å². The largest absolute Gasteiger partial charge is 0.465 e. The Morgan fingerprint density at radius 1 is 1.41 bits per heavy atom. The van der Waals surface area contributed by atoms with E-state index in [2.05, 4.69) is 0 Å². The van der Waals surface area contributed by atoms with E-state index < -0.39 is 6.09 Å². The molecule has 0 aromatic heterocycles. The van der Waals surface area contributed by atoms with E-state index in [4.69, 9.17) is 5.11 Å². The highest BCUT2D eigenvalue weighted by Gasteiger charge is 2.23. The third-order valence-electron chi connectivity index (χ3n) is 3.23. The van der Waals surface area contributed by atoms with Crippen LogP contribution in [0.25, 0.3) is 0 Å².